The fourth-order valence-corrected chi connectivity index (χ4v) is 2.58. The van der Waals surface area contributed by atoms with Crippen LogP contribution in [0, 0.1) is 5.82 Å². The van der Waals surface area contributed by atoms with Crippen molar-refractivity contribution in [3.63, 3.8) is 0 Å². The highest BCUT2D eigenvalue weighted by Gasteiger charge is 2.37. The van der Waals surface area contributed by atoms with Gasteiger partial charge in [0, 0.05) is 20.2 Å². The molecule has 23 heavy (non-hydrogen) atoms. The Labute approximate surface area is 136 Å². The van der Waals surface area contributed by atoms with Gasteiger partial charge in [-0.15, -0.1) is 0 Å². The average molecular weight is 324 g/mol. The van der Waals surface area contributed by atoms with Crippen LogP contribution < -0.4 is 5.32 Å². The van der Waals surface area contributed by atoms with Gasteiger partial charge in [0.2, 0.25) is 0 Å². The molecule has 6 heteroatoms. The smallest absolute Gasteiger partial charge is 0.410 e. The zero-order valence-corrected chi connectivity index (χ0v) is 14.1. The first-order valence-electron chi connectivity index (χ1n) is 7.77. The number of nitrogens with zero attached hydrogens (tertiary/aromatic N) is 1. The Kier molecular flexibility index (Phi) is 5.59. The predicted molar refractivity (Wildman–Crippen MR) is 85.6 cm³/mol. The van der Waals surface area contributed by atoms with Crippen molar-refractivity contribution in [2.75, 3.05) is 20.2 Å². The molecule has 1 heterocycles. The van der Waals surface area contributed by atoms with Crippen LogP contribution in [0.1, 0.15) is 26.3 Å². The van der Waals surface area contributed by atoms with Gasteiger partial charge in [-0.1, -0.05) is 12.1 Å². The van der Waals surface area contributed by atoms with Gasteiger partial charge in [-0.25, -0.2) is 9.18 Å². The lowest BCUT2D eigenvalue weighted by molar-refractivity contribution is 0.0252. The van der Waals surface area contributed by atoms with E-state index in [9.17, 15) is 9.18 Å². The number of hydrogen-bond acceptors (Lipinski definition) is 4. The number of amides is 1. The van der Waals surface area contributed by atoms with Crippen molar-refractivity contribution < 1.29 is 18.7 Å². The molecule has 1 saturated heterocycles. The summed E-state index contributed by atoms with van der Waals surface area (Å²) < 4.78 is 24.1. The van der Waals surface area contributed by atoms with Crippen LogP contribution in [0.2, 0.25) is 0 Å². The van der Waals surface area contributed by atoms with Gasteiger partial charge in [-0.3, -0.25) is 0 Å². The van der Waals surface area contributed by atoms with E-state index in [0.29, 0.717) is 19.6 Å². The van der Waals surface area contributed by atoms with Crippen molar-refractivity contribution in [2.45, 2.75) is 45.1 Å². The molecule has 2 atom stereocenters. The Balaban J connectivity index is 1.92. The molecule has 0 radical (unpaired) electrons. The molecular formula is C17H25FN2O3. The molecule has 1 aromatic carbocycles. The van der Waals surface area contributed by atoms with Gasteiger partial charge in [-0.2, -0.15) is 0 Å². The van der Waals surface area contributed by atoms with E-state index in [4.69, 9.17) is 9.47 Å². The quantitative estimate of drug-likeness (QED) is 0.925. The molecule has 2 rings (SSSR count). The summed E-state index contributed by atoms with van der Waals surface area (Å²) in [6.45, 7) is 7.02. The van der Waals surface area contributed by atoms with E-state index in [2.05, 4.69) is 5.32 Å². The molecule has 1 fully saturated rings. The van der Waals surface area contributed by atoms with E-state index in [0.717, 1.165) is 5.56 Å². The van der Waals surface area contributed by atoms with Gasteiger partial charge in [-0.05, 0) is 38.5 Å². The Hall–Kier alpha value is -1.66. The van der Waals surface area contributed by atoms with Crippen LogP contribution in [0.5, 0.6) is 0 Å². The SMILES string of the molecule is CO[C@H]1CN(C(=O)OC(C)(C)C)CC1NCc1cccc(F)c1. The lowest BCUT2D eigenvalue weighted by Crippen LogP contribution is -2.40. The maximum absolute atomic E-state index is 13.2. The van der Waals surface area contributed by atoms with Crippen molar-refractivity contribution in [3.05, 3.63) is 35.6 Å². The summed E-state index contributed by atoms with van der Waals surface area (Å²) in [6, 6.07) is 6.44. The lowest BCUT2D eigenvalue weighted by atomic mass is 10.1. The largest absolute Gasteiger partial charge is 0.444 e. The molecule has 0 spiro atoms. The predicted octanol–water partition coefficient (Wildman–Crippen LogP) is 2.55. The van der Waals surface area contributed by atoms with Crippen molar-refractivity contribution in [2.24, 2.45) is 0 Å². The van der Waals surface area contributed by atoms with E-state index in [1.54, 1.807) is 18.1 Å². The fourth-order valence-electron chi connectivity index (χ4n) is 2.58. The molecular weight excluding hydrogens is 299 g/mol. The highest BCUT2D eigenvalue weighted by Crippen LogP contribution is 2.18. The zero-order valence-electron chi connectivity index (χ0n) is 14.1. The van der Waals surface area contributed by atoms with Crippen LogP contribution in [0.15, 0.2) is 24.3 Å². The van der Waals surface area contributed by atoms with Gasteiger partial charge in [0.05, 0.1) is 18.7 Å². The van der Waals surface area contributed by atoms with Crippen LogP contribution >= 0.6 is 0 Å². The summed E-state index contributed by atoms with van der Waals surface area (Å²) in [6.07, 6.45) is -0.453. The molecule has 1 unspecified atom stereocenters. The lowest BCUT2D eigenvalue weighted by Gasteiger charge is -2.24. The number of methoxy groups -OCH3 is 1. The van der Waals surface area contributed by atoms with Gasteiger partial charge in [0.1, 0.15) is 11.4 Å². The van der Waals surface area contributed by atoms with Gasteiger partial charge >= 0.3 is 6.09 Å². The number of halogens is 1. The van der Waals surface area contributed by atoms with Crippen molar-refractivity contribution in [1.82, 2.24) is 10.2 Å². The van der Waals surface area contributed by atoms with Crippen LogP contribution in [0.4, 0.5) is 9.18 Å². The Morgan fingerprint density at radius 2 is 2.13 bits per heavy atom. The molecule has 1 N–H and O–H groups in total. The van der Waals surface area contributed by atoms with Gasteiger partial charge in [0.15, 0.2) is 0 Å². The number of hydrogen-bond donors (Lipinski definition) is 1. The molecule has 1 aromatic rings. The number of carbonyl (C=O) groups excluding carboxylic acids is 1. The molecule has 1 aliphatic rings. The number of carbonyl (C=O) groups is 1. The first-order valence-corrected chi connectivity index (χ1v) is 7.77. The zero-order chi connectivity index (χ0) is 17.0. The van der Waals surface area contributed by atoms with E-state index in [1.165, 1.54) is 12.1 Å². The van der Waals surface area contributed by atoms with E-state index in [-0.39, 0.29) is 24.1 Å². The van der Waals surface area contributed by atoms with Crippen molar-refractivity contribution >= 4 is 6.09 Å². The summed E-state index contributed by atoms with van der Waals surface area (Å²) in [5.74, 6) is -0.255. The summed E-state index contributed by atoms with van der Waals surface area (Å²) in [4.78, 5) is 13.8. The molecule has 1 aliphatic heterocycles. The first-order chi connectivity index (χ1) is 10.8. The maximum Gasteiger partial charge on any atom is 0.410 e. The number of ether oxygens (including phenoxy) is 2. The Morgan fingerprint density at radius 3 is 2.74 bits per heavy atom. The maximum atomic E-state index is 13.2. The van der Waals surface area contributed by atoms with Crippen LogP contribution in [-0.4, -0.2) is 48.9 Å². The summed E-state index contributed by atoms with van der Waals surface area (Å²) in [5.41, 5.74) is 0.336. The minimum atomic E-state index is -0.521. The molecule has 1 amide bonds. The first kappa shape index (κ1) is 17.7. The average Bonchev–Trinajstić information content (AvgIpc) is 2.87. The van der Waals surface area contributed by atoms with Gasteiger partial charge in [0.25, 0.3) is 0 Å². The van der Waals surface area contributed by atoms with E-state index in [1.807, 2.05) is 26.8 Å². The second kappa shape index (κ2) is 7.27. The molecule has 0 saturated carbocycles. The topological polar surface area (TPSA) is 50.8 Å². The van der Waals surface area contributed by atoms with Crippen LogP contribution in [0.3, 0.4) is 0 Å². The van der Waals surface area contributed by atoms with Gasteiger partial charge < -0.3 is 19.7 Å². The molecule has 0 aromatic heterocycles. The van der Waals surface area contributed by atoms with E-state index < -0.39 is 5.60 Å². The van der Waals surface area contributed by atoms with Crippen LogP contribution in [0.25, 0.3) is 0 Å². The third kappa shape index (κ3) is 5.18. The minimum absolute atomic E-state index is 0.0178. The molecule has 0 bridgehead atoms. The van der Waals surface area contributed by atoms with E-state index >= 15 is 0 Å². The number of benzene rings is 1. The highest BCUT2D eigenvalue weighted by atomic mass is 19.1. The Morgan fingerprint density at radius 1 is 1.39 bits per heavy atom. The normalized spacial score (nSPS) is 21.5. The molecule has 128 valence electrons. The fraction of sp³-hybridized carbons (Fsp3) is 0.588. The molecule has 5 nitrogen and oxygen atoms in total. The summed E-state index contributed by atoms with van der Waals surface area (Å²) >= 11 is 0. The molecule has 0 aliphatic carbocycles. The second-order valence-electron chi connectivity index (χ2n) is 6.78. The third-order valence-electron chi connectivity index (χ3n) is 3.68. The minimum Gasteiger partial charge on any atom is -0.444 e. The number of rotatable bonds is 4. The number of nitrogens with one attached hydrogen (secondary N) is 1. The highest BCUT2D eigenvalue weighted by molar-refractivity contribution is 5.68. The summed E-state index contributed by atoms with van der Waals surface area (Å²) in [5, 5.41) is 3.33. The van der Waals surface area contributed by atoms with Crippen LogP contribution in [-0.2, 0) is 16.0 Å². The summed E-state index contributed by atoms with van der Waals surface area (Å²) in [7, 11) is 1.63. The third-order valence-corrected chi connectivity index (χ3v) is 3.68. The monoisotopic (exact) mass is 324 g/mol. The van der Waals surface area contributed by atoms with Crippen molar-refractivity contribution in [3.8, 4) is 0 Å². The standard InChI is InChI=1S/C17H25FN2O3/c1-17(2,3)23-16(21)20-10-14(15(11-20)22-4)19-9-12-6-5-7-13(18)8-12/h5-8,14-15,19H,9-11H2,1-4H3/t14?,15-/m0/s1. The Bertz CT molecular complexity index is 545. The second-order valence-corrected chi connectivity index (χ2v) is 6.78. The number of likely N-dealkylation sites (tertiary alicyclic amines) is 1. The van der Waals surface area contributed by atoms with Crippen molar-refractivity contribution in [1.29, 1.82) is 0 Å².